The number of fused-ring (bicyclic) bond motifs is 1. The molecular weight excluding hydrogens is 200 g/mol. The number of aryl methyl sites for hydroxylation is 1. The molecule has 4 nitrogen and oxygen atoms in total. The molecule has 0 aromatic carbocycles. The topological polar surface area (TPSA) is 55.9 Å². The molecule has 4 heteroatoms. The van der Waals surface area contributed by atoms with Gasteiger partial charge < -0.3 is 0 Å². The Kier molecular flexibility index (Phi) is 2.48. The van der Waals surface area contributed by atoms with E-state index in [9.17, 15) is 0 Å². The Bertz CT molecular complexity index is 363. The number of nitrogens with two attached hydrogens (primary N) is 1. The van der Waals surface area contributed by atoms with Crippen LogP contribution in [-0.4, -0.2) is 9.78 Å². The summed E-state index contributed by atoms with van der Waals surface area (Å²) < 4.78 is 1.97. The molecule has 3 rings (SSSR count). The van der Waals surface area contributed by atoms with Crippen LogP contribution in [0, 0.1) is 17.8 Å². The van der Waals surface area contributed by atoms with Crippen LogP contribution in [-0.2, 0) is 6.54 Å². The Balaban J connectivity index is 1.74. The van der Waals surface area contributed by atoms with Gasteiger partial charge in [-0.2, -0.15) is 5.10 Å². The van der Waals surface area contributed by atoms with E-state index < -0.39 is 0 Å². The lowest BCUT2D eigenvalue weighted by Gasteiger charge is -2.22. The van der Waals surface area contributed by atoms with Crippen molar-refractivity contribution in [3.63, 3.8) is 0 Å². The number of hydrazine groups is 1. The summed E-state index contributed by atoms with van der Waals surface area (Å²) in [6.45, 7) is 3.03. The second kappa shape index (κ2) is 3.86. The Hall–Kier alpha value is -0.870. The van der Waals surface area contributed by atoms with E-state index in [2.05, 4.69) is 23.6 Å². The van der Waals surface area contributed by atoms with Crippen LogP contribution in [0.5, 0.6) is 0 Å². The molecule has 3 N–H and O–H groups in total. The molecule has 0 saturated heterocycles. The molecule has 16 heavy (non-hydrogen) atoms. The van der Waals surface area contributed by atoms with Gasteiger partial charge in [-0.25, -0.2) is 0 Å². The van der Waals surface area contributed by atoms with Gasteiger partial charge in [-0.05, 0) is 43.9 Å². The molecule has 0 bridgehead atoms. The Morgan fingerprint density at radius 1 is 1.50 bits per heavy atom. The van der Waals surface area contributed by atoms with Gasteiger partial charge in [0.2, 0.25) is 0 Å². The van der Waals surface area contributed by atoms with Crippen molar-refractivity contribution in [2.24, 2.45) is 23.6 Å². The summed E-state index contributed by atoms with van der Waals surface area (Å²) in [5.41, 5.74) is 4.23. The van der Waals surface area contributed by atoms with Gasteiger partial charge in [-0.3, -0.25) is 16.0 Å². The monoisotopic (exact) mass is 220 g/mol. The predicted molar refractivity (Wildman–Crippen MR) is 62.3 cm³/mol. The van der Waals surface area contributed by atoms with E-state index in [1.165, 1.54) is 24.8 Å². The maximum absolute atomic E-state index is 5.71. The lowest BCUT2D eigenvalue weighted by atomic mass is 9.91. The molecule has 1 heterocycles. The van der Waals surface area contributed by atoms with Gasteiger partial charge in [0.05, 0.1) is 12.2 Å². The highest BCUT2D eigenvalue weighted by Gasteiger charge is 2.48. The third-order valence-corrected chi connectivity index (χ3v) is 4.27. The summed E-state index contributed by atoms with van der Waals surface area (Å²) in [5.74, 6) is 8.42. The fourth-order valence-electron chi connectivity index (χ4n) is 3.25. The molecule has 2 aliphatic carbocycles. The van der Waals surface area contributed by atoms with Crippen molar-refractivity contribution >= 4 is 0 Å². The summed E-state index contributed by atoms with van der Waals surface area (Å²) in [7, 11) is 0. The zero-order valence-electron chi connectivity index (χ0n) is 9.76. The first-order valence-electron chi connectivity index (χ1n) is 6.30. The van der Waals surface area contributed by atoms with Crippen LogP contribution >= 0.6 is 0 Å². The number of hydrogen-bond donors (Lipinski definition) is 2. The highest BCUT2D eigenvalue weighted by molar-refractivity contribution is 5.14. The number of nitrogens with zero attached hydrogens (tertiary/aromatic N) is 2. The number of hydrogen-bond acceptors (Lipinski definition) is 3. The van der Waals surface area contributed by atoms with E-state index in [1.807, 2.05) is 10.9 Å². The van der Waals surface area contributed by atoms with Crippen molar-refractivity contribution in [2.45, 2.75) is 38.8 Å². The van der Waals surface area contributed by atoms with Crippen LogP contribution < -0.4 is 11.3 Å². The number of aromatic nitrogens is 2. The van der Waals surface area contributed by atoms with E-state index in [4.69, 9.17) is 5.84 Å². The molecule has 2 fully saturated rings. The second-order valence-electron chi connectivity index (χ2n) is 5.26. The third-order valence-electron chi connectivity index (χ3n) is 4.27. The first kappa shape index (κ1) is 10.3. The van der Waals surface area contributed by atoms with Crippen molar-refractivity contribution < 1.29 is 0 Å². The smallest absolute Gasteiger partial charge is 0.0538 e. The molecule has 88 valence electrons. The van der Waals surface area contributed by atoms with Crippen molar-refractivity contribution in [2.75, 3.05) is 0 Å². The minimum atomic E-state index is 0.299. The fourth-order valence-corrected chi connectivity index (χ4v) is 3.25. The summed E-state index contributed by atoms with van der Waals surface area (Å²) in [5, 5.41) is 4.33. The quantitative estimate of drug-likeness (QED) is 0.596. The first-order chi connectivity index (χ1) is 7.81. The fraction of sp³-hybridized carbons (Fsp3) is 0.750. The Morgan fingerprint density at radius 2 is 2.25 bits per heavy atom. The minimum Gasteiger partial charge on any atom is -0.273 e. The van der Waals surface area contributed by atoms with Crippen molar-refractivity contribution in [1.29, 1.82) is 0 Å². The van der Waals surface area contributed by atoms with Gasteiger partial charge in [-0.1, -0.05) is 0 Å². The molecule has 3 atom stereocenters. The molecule has 1 aromatic rings. The zero-order chi connectivity index (χ0) is 11.1. The van der Waals surface area contributed by atoms with Gasteiger partial charge in [0.1, 0.15) is 0 Å². The summed E-state index contributed by atoms with van der Waals surface area (Å²) >= 11 is 0. The molecule has 0 aliphatic heterocycles. The second-order valence-corrected chi connectivity index (χ2v) is 5.26. The van der Waals surface area contributed by atoms with Crippen LogP contribution in [0.25, 0.3) is 0 Å². The van der Waals surface area contributed by atoms with Crippen molar-refractivity contribution in [3.05, 3.63) is 18.0 Å². The van der Waals surface area contributed by atoms with Crippen LogP contribution in [0.2, 0.25) is 0 Å². The maximum Gasteiger partial charge on any atom is 0.0538 e. The van der Waals surface area contributed by atoms with Gasteiger partial charge in [0.25, 0.3) is 0 Å². The zero-order valence-corrected chi connectivity index (χ0v) is 9.76. The molecule has 2 aliphatic rings. The lowest BCUT2D eigenvalue weighted by Crippen LogP contribution is -2.33. The molecule has 0 amide bonds. The molecular formula is C12H20N4. The number of rotatable bonds is 4. The first-order valence-corrected chi connectivity index (χ1v) is 6.30. The lowest BCUT2D eigenvalue weighted by molar-refractivity contribution is 0.345. The highest BCUT2D eigenvalue weighted by Crippen LogP contribution is 2.56. The van der Waals surface area contributed by atoms with Crippen LogP contribution in [0.4, 0.5) is 0 Å². The summed E-state index contributed by atoms with van der Waals surface area (Å²) in [4.78, 5) is 0. The molecule has 2 saturated carbocycles. The normalized spacial score (nSPS) is 33.8. The average molecular weight is 220 g/mol. The van der Waals surface area contributed by atoms with Gasteiger partial charge in [0, 0.05) is 18.3 Å². The minimum absolute atomic E-state index is 0.299. The summed E-state index contributed by atoms with van der Waals surface area (Å²) in [6.07, 6.45) is 8.22. The maximum atomic E-state index is 5.71. The molecule has 1 aromatic heterocycles. The largest absolute Gasteiger partial charge is 0.273 e. The molecule has 0 radical (unpaired) electrons. The standard InChI is InChI=1S/C12H20N4/c1-2-16-7-11(6-14-16)12(15-13)10-4-8-3-9(8)5-10/h6-10,12,15H,2-5,13H2,1H3. The predicted octanol–water partition coefficient (Wildman–Crippen LogP) is 1.45. The van der Waals surface area contributed by atoms with Crippen LogP contribution in [0.3, 0.4) is 0 Å². The van der Waals surface area contributed by atoms with Crippen LogP contribution in [0.1, 0.15) is 37.8 Å². The van der Waals surface area contributed by atoms with E-state index in [-0.39, 0.29) is 0 Å². The van der Waals surface area contributed by atoms with Crippen molar-refractivity contribution in [3.8, 4) is 0 Å². The summed E-state index contributed by atoms with van der Waals surface area (Å²) in [6, 6.07) is 0.299. The molecule has 0 spiro atoms. The SMILES string of the molecule is CCn1cc(C(NN)C2CC3CC3C2)cn1. The Morgan fingerprint density at radius 3 is 2.81 bits per heavy atom. The third kappa shape index (κ3) is 1.66. The molecule has 3 unspecified atom stereocenters. The van der Waals surface area contributed by atoms with Crippen LogP contribution in [0.15, 0.2) is 12.4 Å². The van der Waals surface area contributed by atoms with E-state index >= 15 is 0 Å². The number of nitrogens with one attached hydrogen (secondary N) is 1. The van der Waals surface area contributed by atoms with E-state index in [1.54, 1.807) is 0 Å². The van der Waals surface area contributed by atoms with E-state index in [0.29, 0.717) is 12.0 Å². The van der Waals surface area contributed by atoms with Crippen molar-refractivity contribution in [1.82, 2.24) is 15.2 Å². The van der Waals surface area contributed by atoms with Gasteiger partial charge in [0.15, 0.2) is 0 Å². The highest BCUT2D eigenvalue weighted by atomic mass is 15.3. The average Bonchev–Trinajstić information content (AvgIpc) is 2.76. The van der Waals surface area contributed by atoms with E-state index in [0.717, 1.165) is 18.4 Å². The Labute approximate surface area is 96.2 Å². The van der Waals surface area contributed by atoms with Gasteiger partial charge >= 0.3 is 0 Å². The van der Waals surface area contributed by atoms with Gasteiger partial charge in [-0.15, -0.1) is 0 Å².